The normalized spacial score (nSPS) is 26.4. The van der Waals surface area contributed by atoms with Gasteiger partial charge in [-0.2, -0.15) is 5.26 Å². The molecule has 0 N–H and O–H groups in total. The van der Waals surface area contributed by atoms with Gasteiger partial charge in [-0.05, 0) is 26.3 Å². The Morgan fingerprint density at radius 1 is 1.55 bits per heavy atom. The van der Waals surface area contributed by atoms with E-state index in [-0.39, 0.29) is 0 Å². The van der Waals surface area contributed by atoms with Crippen LogP contribution in [0.25, 0.3) is 0 Å². The molecule has 0 spiro atoms. The summed E-state index contributed by atoms with van der Waals surface area (Å²) < 4.78 is 0. The zero-order valence-corrected chi connectivity index (χ0v) is 7.21. The molecule has 62 valence electrons. The molecular formula is C9H16N2. The highest BCUT2D eigenvalue weighted by atomic mass is 15.1. The standard InChI is InChI=1S/C9H16N2/c1-9-5-2-3-7-11(9)8-4-6-10/h9H,2-5,7-8H2,1H3. The van der Waals surface area contributed by atoms with E-state index in [1.165, 1.54) is 25.8 Å². The lowest BCUT2D eigenvalue weighted by Crippen LogP contribution is -2.37. The first-order chi connectivity index (χ1) is 5.34. The van der Waals surface area contributed by atoms with Gasteiger partial charge in [-0.25, -0.2) is 0 Å². The van der Waals surface area contributed by atoms with Crippen molar-refractivity contribution in [1.29, 1.82) is 5.26 Å². The van der Waals surface area contributed by atoms with Crippen LogP contribution in [0.2, 0.25) is 0 Å². The first-order valence-corrected chi connectivity index (χ1v) is 4.45. The Labute approximate surface area is 68.8 Å². The van der Waals surface area contributed by atoms with Gasteiger partial charge in [0.2, 0.25) is 0 Å². The monoisotopic (exact) mass is 152 g/mol. The Bertz CT molecular complexity index is 148. The van der Waals surface area contributed by atoms with Gasteiger partial charge in [-0.3, -0.25) is 4.90 Å². The molecule has 2 nitrogen and oxygen atoms in total. The first-order valence-electron chi connectivity index (χ1n) is 4.45. The largest absolute Gasteiger partial charge is 0.300 e. The van der Waals surface area contributed by atoms with Gasteiger partial charge in [-0.1, -0.05) is 6.42 Å². The van der Waals surface area contributed by atoms with E-state index in [1.54, 1.807) is 0 Å². The van der Waals surface area contributed by atoms with Crippen LogP contribution in [-0.4, -0.2) is 24.0 Å². The van der Waals surface area contributed by atoms with Gasteiger partial charge in [0.25, 0.3) is 0 Å². The summed E-state index contributed by atoms with van der Waals surface area (Å²) in [6.45, 7) is 4.43. The fourth-order valence-corrected chi connectivity index (χ4v) is 1.68. The number of likely N-dealkylation sites (tertiary alicyclic amines) is 1. The molecule has 1 unspecified atom stereocenters. The quantitative estimate of drug-likeness (QED) is 0.603. The molecule has 1 saturated heterocycles. The van der Waals surface area contributed by atoms with Crippen LogP contribution in [0.3, 0.4) is 0 Å². The van der Waals surface area contributed by atoms with Crippen LogP contribution in [0, 0.1) is 11.3 Å². The van der Waals surface area contributed by atoms with Crippen LogP contribution in [0.4, 0.5) is 0 Å². The SMILES string of the molecule is CC1CCCCN1CCC#N. The lowest BCUT2D eigenvalue weighted by atomic mass is 10.0. The molecule has 1 heterocycles. The fraction of sp³-hybridized carbons (Fsp3) is 0.889. The van der Waals surface area contributed by atoms with Gasteiger partial charge in [0.1, 0.15) is 0 Å². The minimum absolute atomic E-state index is 0.685. The van der Waals surface area contributed by atoms with Crippen molar-refractivity contribution in [2.45, 2.75) is 38.6 Å². The van der Waals surface area contributed by atoms with Crippen molar-refractivity contribution in [2.24, 2.45) is 0 Å². The summed E-state index contributed by atoms with van der Waals surface area (Å²) in [7, 11) is 0. The molecule has 0 aliphatic carbocycles. The number of hydrogen-bond acceptors (Lipinski definition) is 2. The molecule has 0 aromatic rings. The third-order valence-electron chi connectivity index (χ3n) is 2.45. The second-order valence-electron chi connectivity index (χ2n) is 3.29. The maximum atomic E-state index is 8.41. The van der Waals surface area contributed by atoms with E-state index in [1.807, 2.05) is 0 Å². The topological polar surface area (TPSA) is 27.0 Å². The third kappa shape index (κ3) is 2.51. The summed E-state index contributed by atoms with van der Waals surface area (Å²) in [6, 6.07) is 2.90. The van der Waals surface area contributed by atoms with Gasteiger partial charge in [0, 0.05) is 19.0 Å². The third-order valence-corrected chi connectivity index (χ3v) is 2.45. The van der Waals surface area contributed by atoms with E-state index >= 15 is 0 Å². The molecule has 2 heteroatoms. The van der Waals surface area contributed by atoms with Crippen LogP contribution < -0.4 is 0 Å². The van der Waals surface area contributed by atoms with Crippen molar-refractivity contribution in [2.75, 3.05) is 13.1 Å². The molecule has 1 aliphatic rings. The van der Waals surface area contributed by atoms with Crippen molar-refractivity contribution < 1.29 is 0 Å². The number of hydrogen-bond donors (Lipinski definition) is 0. The smallest absolute Gasteiger partial charge is 0.0635 e. The van der Waals surface area contributed by atoms with E-state index in [9.17, 15) is 0 Å². The summed E-state index contributed by atoms with van der Waals surface area (Å²) in [6.07, 6.45) is 4.68. The van der Waals surface area contributed by atoms with Gasteiger partial charge >= 0.3 is 0 Å². The summed E-state index contributed by atoms with van der Waals surface area (Å²) in [4.78, 5) is 2.42. The van der Waals surface area contributed by atoms with Crippen molar-refractivity contribution in [3.05, 3.63) is 0 Å². The van der Waals surface area contributed by atoms with Crippen molar-refractivity contribution in [1.82, 2.24) is 4.90 Å². The minimum Gasteiger partial charge on any atom is -0.300 e. The number of nitrogens with zero attached hydrogens (tertiary/aromatic N) is 2. The zero-order valence-electron chi connectivity index (χ0n) is 7.21. The van der Waals surface area contributed by atoms with E-state index in [0.29, 0.717) is 12.5 Å². The van der Waals surface area contributed by atoms with Gasteiger partial charge in [-0.15, -0.1) is 0 Å². The molecular weight excluding hydrogens is 136 g/mol. The summed E-state index contributed by atoms with van der Waals surface area (Å²) >= 11 is 0. The predicted octanol–water partition coefficient (Wildman–Crippen LogP) is 1.77. The van der Waals surface area contributed by atoms with Crippen LogP contribution in [0.15, 0.2) is 0 Å². The van der Waals surface area contributed by atoms with Crippen molar-refractivity contribution in [3.63, 3.8) is 0 Å². The van der Waals surface area contributed by atoms with E-state index < -0.39 is 0 Å². The minimum atomic E-state index is 0.685. The molecule has 0 bridgehead atoms. The molecule has 0 radical (unpaired) electrons. The molecule has 1 atom stereocenters. The van der Waals surface area contributed by atoms with Gasteiger partial charge < -0.3 is 0 Å². The highest BCUT2D eigenvalue weighted by molar-refractivity contribution is 4.77. The average Bonchev–Trinajstić information content (AvgIpc) is 2.03. The average molecular weight is 152 g/mol. The van der Waals surface area contributed by atoms with Crippen LogP contribution in [0.1, 0.15) is 32.6 Å². The van der Waals surface area contributed by atoms with Gasteiger partial charge in [0.05, 0.1) is 6.07 Å². The van der Waals surface area contributed by atoms with Crippen LogP contribution in [0.5, 0.6) is 0 Å². The maximum absolute atomic E-state index is 8.41. The molecule has 0 aromatic carbocycles. The Kier molecular flexibility index (Phi) is 3.38. The number of rotatable bonds is 2. The van der Waals surface area contributed by atoms with E-state index in [4.69, 9.17) is 5.26 Å². The van der Waals surface area contributed by atoms with Crippen LogP contribution in [-0.2, 0) is 0 Å². The fourth-order valence-electron chi connectivity index (χ4n) is 1.68. The summed E-state index contributed by atoms with van der Waals surface area (Å²) in [5.41, 5.74) is 0. The first kappa shape index (κ1) is 8.55. The summed E-state index contributed by atoms with van der Waals surface area (Å²) in [5, 5.41) is 8.41. The second kappa shape index (κ2) is 4.35. The zero-order chi connectivity index (χ0) is 8.10. The number of nitriles is 1. The molecule has 0 saturated carbocycles. The molecule has 1 fully saturated rings. The summed E-state index contributed by atoms with van der Waals surface area (Å²) in [5.74, 6) is 0. The van der Waals surface area contributed by atoms with Crippen LogP contribution >= 0.6 is 0 Å². The van der Waals surface area contributed by atoms with E-state index in [0.717, 1.165) is 6.54 Å². The van der Waals surface area contributed by atoms with Crippen molar-refractivity contribution in [3.8, 4) is 6.07 Å². The Morgan fingerprint density at radius 2 is 2.36 bits per heavy atom. The lowest BCUT2D eigenvalue weighted by Gasteiger charge is -2.32. The Balaban J connectivity index is 2.25. The lowest BCUT2D eigenvalue weighted by molar-refractivity contribution is 0.164. The second-order valence-corrected chi connectivity index (χ2v) is 3.29. The van der Waals surface area contributed by atoms with Crippen molar-refractivity contribution >= 4 is 0 Å². The molecule has 1 aliphatic heterocycles. The van der Waals surface area contributed by atoms with E-state index in [2.05, 4.69) is 17.9 Å². The molecule has 1 rings (SSSR count). The highest BCUT2D eigenvalue weighted by Gasteiger charge is 2.16. The van der Waals surface area contributed by atoms with Gasteiger partial charge in [0.15, 0.2) is 0 Å². The molecule has 0 amide bonds. The highest BCUT2D eigenvalue weighted by Crippen LogP contribution is 2.15. The molecule has 11 heavy (non-hydrogen) atoms. The molecule has 0 aromatic heterocycles. The predicted molar refractivity (Wildman–Crippen MR) is 45.1 cm³/mol. The Morgan fingerprint density at radius 3 is 3.00 bits per heavy atom. The number of piperidine rings is 1. The Hall–Kier alpha value is -0.550. The maximum Gasteiger partial charge on any atom is 0.0635 e.